The number of nitrogens with zero attached hydrogens (tertiary/aromatic N) is 2. The van der Waals surface area contributed by atoms with Gasteiger partial charge < -0.3 is 5.32 Å². The summed E-state index contributed by atoms with van der Waals surface area (Å²) in [5.41, 5.74) is 0. The predicted octanol–water partition coefficient (Wildman–Crippen LogP) is 4.28. The second-order valence-electron chi connectivity index (χ2n) is 4.55. The number of hydrogen-bond acceptors (Lipinski definition) is 5. The van der Waals surface area contributed by atoms with Crippen molar-refractivity contribution in [1.29, 1.82) is 0 Å². The van der Waals surface area contributed by atoms with Crippen LogP contribution < -0.4 is 5.32 Å². The van der Waals surface area contributed by atoms with Gasteiger partial charge in [-0.3, -0.25) is 0 Å². The third-order valence-corrected chi connectivity index (χ3v) is 5.18. The molecule has 0 aliphatic carbocycles. The normalized spacial score (nSPS) is 12.5. The predicted molar refractivity (Wildman–Crippen MR) is 87.2 cm³/mol. The molecule has 2 rings (SSSR count). The average Bonchev–Trinajstić information content (AvgIpc) is 2.96. The van der Waals surface area contributed by atoms with Crippen molar-refractivity contribution in [3.63, 3.8) is 0 Å². The van der Waals surface area contributed by atoms with E-state index in [0.717, 1.165) is 35.2 Å². The van der Waals surface area contributed by atoms with Gasteiger partial charge in [0, 0.05) is 4.90 Å². The molecule has 0 saturated carbocycles. The number of nitrogens with one attached hydrogen (secondary N) is 1. The molecule has 108 valence electrons. The maximum atomic E-state index is 4.35. The first-order valence-electron chi connectivity index (χ1n) is 7.07. The fourth-order valence-electron chi connectivity index (χ4n) is 1.85. The van der Waals surface area contributed by atoms with Gasteiger partial charge in [-0.2, -0.15) is 0 Å². The molecule has 1 unspecified atom stereocenters. The van der Waals surface area contributed by atoms with Crippen molar-refractivity contribution in [2.75, 3.05) is 6.54 Å². The van der Waals surface area contributed by atoms with Gasteiger partial charge in [0.15, 0.2) is 0 Å². The van der Waals surface area contributed by atoms with Crippen molar-refractivity contribution >= 4 is 23.1 Å². The topological polar surface area (TPSA) is 37.8 Å². The van der Waals surface area contributed by atoms with Gasteiger partial charge in [-0.25, -0.2) is 0 Å². The molecular formula is C15H21N3S2. The summed E-state index contributed by atoms with van der Waals surface area (Å²) in [4.78, 5) is 1.28. The maximum absolute atomic E-state index is 4.35. The van der Waals surface area contributed by atoms with E-state index in [0.29, 0.717) is 6.04 Å². The standard InChI is InChI=1S/C15H21N3S2/c1-3-10-16-13(4-2)15-18-17-14(20-15)11-19-12-8-6-5-7-9-12/h5-9,13,16H,3-4,10-11H2,1-2H3. The summed E-state index contributed by atoms with van der Waals surface area (Å²) in [6.45, 7) is 5.40. The third kappa shape index (κ3) is 4.58. The van der Waals surface area contributed by atoms with E-state index in [4.69, 9.17) is 0 Å². The van der Waals surface area contributed by atoms with E-state index >= 15 is 0 Å². The SMILES string of the molecule is CCCNC(CC)c1nnc(CSc2ccccc2)s1. The first kappa shape index (κ1) is 15.5. The molecule has 0 radical (unpaired) electrons. The molecule has 0 amide bonds. The Hall–Kier alpha value is -0.910. The van der Waals surface area contributed by atoms with Crippen LogP contribution >= 0.6 is 23.1 Å². The van der Waals surface area contributed by atoms with E-state index in [2.05, 4.69) is 53.6 Å². The van der Waals surface area contributed by atoms with Crippen LogP contribution in [-0.4, -0.2) is 16.7 Å². The van der Waals surface area contributed by atoms with Gasteiger partial charge in [0.25, 0.3) is 0 Å². The molecule has 3 nitrogen and oxygen atoms in total. The van der Waals surface area contributed by atoms with Crippen molar-refractivity contribution < 1.29 is 0 Å². The van der Waals surface area contributed by atoms with Gasteiger partial charge in [0.05, 0.1) is 11.8 Å². The summed E-state index contributed by atoms with van der Waals surface area (Å²) in [6.07, 6.45) is 2.20. The first-order chi connectivity index (χ1) is 9.83. The summed E-state index contributed by atoms with van der Waals surface area (Å²) in [7, 11) is 0. The molecule has 1 atom stereocenters. The zero-order valence-electron chi connectivity index (χ0n) is 12.0. The van der Waals surface area contributed by atoms with Crippen LogP contribution in [0.3, 0.4) is 0 Å². The Labute approximate surface area is 129 Å². The number of thioether (sulfide) groups is 1. The Morgan fingerprint density at radius 2 is 2.00 bits per heavy atom. The molecule has 2 aromatic rings. The zero-order valence-corrected chi connectivity index (χ0v) is 13.6. The molecule has 1 heterocycles. The van der Waals surface area contributed by atoms with E-state index in [9.17, 15) is 0 Å². The Kier molecular flexibility index (Phi) is 6.50. The lowest BCUT2D eigenvalue weighted by molar-refractivity contribution is 0.513. The number of benzene rings is 1. The van der Waals surface area contributed by atoms with Gasteiger partial charge in [-0.1, -0.05) is 43.4 Å². The van der Waals surface area contributed by atoms with E-state index in [1.807, 2.05) is 17.8 Å². The Bertz CT molecular complexity index is 499. The van der Waals surface area contributed by atoms with Crippen molar-refractivity contribution in [2.24, 2.45) is 0 Å². The minimum absolute atomic E-state index is 0.350. The van der Waals surface area contributed by atoms with Crippen LogP contribution in [-0.2, 0) is 5.75 Å². The first-order valence-corrected chi connectivity index (χ1v) is 8.87. The molecule has 1 N–H and O–H groups in total. The smallest absolute Gasteiger partial charge is 0.134 e. The number of aromatic nitrogens is 2. The molecule has 0 saturated heterocycles. The highest BCUT2D eigenvalue weighted by atomic mass is 32.2. The molecule has 20 heavy (non-hydrogen) atoms. The summed E-state index contributed by atoms with van der Waals surface area (Å²) in [5.74, 6) is 0.895. The molecular weight excluding hydrogens is 286 g/mol. The van der Waals surface area contributed by atoms with E-state index in [1.54, 1.807) is 11.3 Å². The van der Waals surface area contributed by atoms with Crippen molar-refractivity contribution in [1.82, 2.24) is 15.5 Å². The van der Waals surface area contributed by atoms with Gasteiger partial charge >= 0.3 is 0 Å². The lowest BCUT2D eigenvalue weighted by Crippen LogP contribution is -2.21. The average molecular weight is 307 g/mol. The molecule has 1 aromatic heterocycles. The van der Waals surface area contributed by atoms with Crippen LogP contribution in [0.15, 0.2) is 35.2 Å². The van der Waals surface area contributed by atoms with Crippen molar-refractivity contribution in [3.8, 4) is 0 Å². The molecule has 0 aliphatic rings. The Morgan fingerprint density at radius 1 is 1.20 bits per heavy atom. The molecule has 0 aliphatic heterocycles. The highest BCUT2D eigenvalue weighted by Crippen LogP contribution is 2.26. The van der Waals surface area contributed by atoms with Crippen LogP contribution in [0.5, 0.6) is 0 Å². The second-order valence-corrected chi connectivity index (χ2v) is 6.69. The van der Waals surface area contributed by atoms with E-state index < -0.39 is 0 Å². The largest absolute Gasteiger partial charge is 0.308 e. The quantitative estimate of drug-likeness (QED) is 0.739. The highest BCUT2D eigenvalue weighted by Gasteiger charge is 2.14. The number of rotatable bonds is 8. The zero-order chi connectivity index (χ0) is 14.2. The molecule has 0 fully saturated rings. The maximum Gasteiger partial charge on any atom is 0.134 e. The molecule has 0 spiro atoms. The molecule has 5 heteroatoms. The van der Waals surface area contributed by atoms with E-state index in [-0.39, 0.29) is 0 Å². The summed E-state index contributed by atoms with van der Waals surface area (Å²) in [6, 6.07) is 10.8. The summed E-state index contributed by atoms with van der Waals surface area (Å²) in [5, 5.41) is 14.4. The van der Waals surface area contributed by atoms with Gasteiger partial charge in [0.1, 0.15) is 10.0 Å². The highest BCUT2D eigenvalue weighted by molar-refractivity contribution is 7.98. The summed E-state index contributed by atoms with van der Waals surface area (Å²) >= 11 is 3.54. The summed E-state index contributed by atoms with van der Waals surface area (Å²) < 4.78 is 0. The molecule has 1 aromatic carbocycles. The molecule has 0 bridgehead atoms. The van der Waals surface area contributed by atoms with Crippen LogP contribution in [0.25, 0.3) is 0 Å². The fraction of sp³-hybridized carbons (Fsp3) is 0.467. The van der Waals surface area contributed by atoms with Crippen LogP contribution in [0, 0.1) is 0 Å². The van der Waals surface area contributed by atoms with Gasteiger partial charge in [-0.05, 0) is 31.5 Å². The number of hydrogen-bond donors (Lipinski definition) is 1. The lowest BCUT2D eigenvalue weighted by atomic mass is 10.2. The van der Waals surface area contributed by atoms with Crippen LogP contribution in [0.4, 0.5) is 0 Å². The fourth-order valence-corrected chi connectivity index (χ4v) is 3.76. The third-order valence-electron chi connectivity index (χ3n) is 2.94. The van der Waals surface area contributed by atoms with Crippen molar-refractivity contribution in [3.05, 3.63) is 40.3 Å². The van der Waals surface area contributed by atoms with Crippen LogP contribution in [0.1, 0.15) is 42.7 Å². The Morgan fingerprint density at radius 3 is 2.70 bits per heavy atom. The minimum atomic E-state index is 0.350. The second kappa shape index (κ2) is 8.39. The van der Waals surface area contributed by atoms with Crippen molar-refractivity contribution in [2.45, 2.75) is 43.4 Å². The van der Waals surface area contributed by atoms with E-state index in [1.165, 1.54) is 4.90 Å². The lowest BCUT2D eigenvalue weighted by Gasteiger charge is -2.12. The van der Waals surface area contributed by atoms with Gasteiger partial charge in [-0.15, -0.1) is 22.0 Å². The minimum Gasteiger partial charge on any atom is -0.308 e. The monoisotopic (exact) mass is 307 g/mol. The van der Waals surface area contributed by atoms with Crippen LogP contribution in [0.2, 0.25) is 0 Å². The Balaban J connectivity index is 1.91. The van der Waals surface area contributed by atoms with Gasteiger partial charge in [0.2, 0.25) is 0 Å².